The molecule has 0 unspecified atom stereocenters. The van der Waals surface area contributed by atoms with Crippen molar-refractivity contribution in [1.29, 1.82) is 0 Å². The van der Waals surface area contributed by atoms with Gasteiger partial charge in [-0.25, -0.2) is 23.1 Å². The molecule has 158 valence electrons. The summed E-state index contributed by atoms with van der Waals surface area (Å²) in [6.45, 7) is 5.94. The maximum absolute atomic E-state index is 12.4. The molecule has 0 aliphatic carbocycles. The summed E-state index contributed by atoms with van der Waals surface area (Å²) in [6, 6.07) is 16.5. The maximum atomic E-state index is 12.4. The summed E-state index contributed by atoms with van der Waals surface area (Å²) in [5.41, 5.74) is 3.47. The number of ether oxygens (including phenoxy) is 1. The minimum Gasteiger partial charge on any atom is -0.439 e. The molecular formula is C22H21N5O3S. The van der Waals surface area contributed by atoms with Gasteiger partial charge in [0, 0.05) is 17.4 Å². The fourth-order valence-corrected chi connectivity index (χ4v) is 4.05. The lowest BCUT2D eigenvalue weighted by molar-refractivity contribution is 0.460. The molecule has 2 aromatic carbocycles. The zero-order chi connectivity index (χ0) is 22.0. The van der Waals surface area contributed by atoms with Crippen LogP contribution in [0, 0.1) is 20.8 Å². The maximum Gasteiger partial charge on any atom is 0.261 e. The molecule has 4 rings (SSSR count). The van der Waals surface area contributed by atoms with Crippen LogP contribution in [0.5, 0.6) is 11.6 Å². The second-order valence-corrected chi connectivity index (χ2v) is 8.65. The molecule has 1 N–H and O–H groups in total. The highest BCUT2D eigenvalue weighted by atomic mass is 32.2. The fourth-order valence-electron chi connectivity index (χ4n) is 2.97. The number of nitrogens with one attached hydrogen (secondary N) is 1. The van der Waals surface area contributed by atoms with Gasteiger partial charge in [-0.15, -0.1) is 0 Å². The number of aryl methyl sites for hydroxylation is 1. The van der Waals surface area contributed by atoms with E-state index in [-0.39, 0.29) is 4.90 Å². The van der Waals surface area contributed by atoms with Crippen molar-refractivity contribution in [2.75, 3.05) is 4.72 Å². The monoisotopic (exact) mass is 435 g/mol. The van der Waals surface area contributed by atoms with Gasteiger partial charge in [-0.2, -0.15) is 5.10 Å². The van der Waals surface area contributed by atoms with Gasteiger partial charge in [0.05, 0.1) is 10.6 Å². The second kappa shape index (κ2) is 8.19. The SMILES string of the molecule is Cc1nn(-c2cc(Oc3ccc(NS(=O)(=O)c4ccccc4)cc3)ncn2)c(C)c1C. The van der Waals surface area contributed by atoms with Crippen molar-refractivity contribution in [3.63, 3.8) is 0 Å². The van der Waals surface area contributed by atoms with Crippen LogP contribution in [0.25, 0.3) is 5.82 Å². The first-order valence-corrected chi connectivity index (χ1v) is 11.0. The van der Waals surface area contributed by atoms with Crippen molar-refractivity contribution in [1.82, 2.24) is 19.7 Å². The molecule has 0 amide bonds. The van der Waals surface area contributed by atoms with E-state index in [1.807, 2.05) is 20.8 Å². The Morgan fingerprint density at radius 3 is 2.29 bits per heavy atom. The molecule has 0 bridgehead atoms. The van der Waals surface area contributed by atoms with Gasteiger partial charge in [0.15, 0.2) is 5.82 Å². The first-order valence-electron chi connectivity index (χ1n) is 9.54. The Morgan fingerprint density at radius 1 is 0.935 bits per heavy atom. The van der Waals surface area contributed by atoms with E-state index in [2.05, 4.69) is 19.8 Å². The van der Waals surface area contributed by atoms with Gasteiger partial charge in [0.1, 0.15) is 12.1 Å². The predicted octanol–water partition coefficient (Wildman–Crippen LogP) is 4.18. The zero-order valence-corrected chi connectivity index (χ0v) is 18.1. The number of hydrogen-bond acceptors (Lipinski definition) is 6. The largest absolute Gasteiger partial charge is 0.439 e. The number of anilines is 1. The highest BCUT2D eigenvalue weighted by Gasteiger charge is 2.14. The van der Waals surface area contributed by atoms with E-state index in [9.17, 15) is 8.42 Å². The first-order chi connectivity index (χ1) is 14.8. The van der Waals surface area contributed by atoms with Crippen molar-refractivity contribution in [2.45, 2.75) is 25.7 Å². The van der Waals surface area contributed by atoms with Crippen molar-refractivity contribution >= 4 is 15.7 Å². The van der Waals surface area contributed by atoms with Gasteiger partial charge in [-0.05, 0) is 62.7 Å². The van der Waals surface area contributed by atoms with Crippen LogP contribution in [-0.2, 0) is 10.0 Å². The number of benzene rings is 2. The molecule has 9 heteroatoms. The fraction of sp³-hybridized carbons (Fsp3) is 0.136. The Labute approximate surface area is 180 Å². The first kappa shape index (κ1) is 20.5. The van der Waals surface area contributed by atoms with Crippen molar-refractivity contribution < 1.29 is 13.2 Å². The second-order valence-electron chi connectivity index (χ2n) is 6.97. The molecule has 0 radical (unpaired) electrons. The molecule has 0 atom stereocenters. The third-order valence-corrected chi connectivity index (χ3v) is 6.28. The lowest BCUT2D eigenvalue weighted by atomic mass is 10.2. The van der Waals surface area contributed by atoms with Crippen molar-refractivity contribution in [3.8, 4) is 17.4 Å². The van der Waals surface area contributed by atoms with Gasteiger partial charge < -0.3 is 4.74 Å². The summed E-state index contributed by atoms with van der Waals surface area (Å²) in [6.07, 6.45) is 1.42. The summed E-state index contributed by atoms with van der Waals surface area (Å²) in [5, 5.41) is 4.50. The van der Waals surface area contributed by atoms with E-state index < -0.39 is 10.0 Å². The molecule has 0 aliphatic heterocycles. The lowest BCUT2D eigenvalue weighted by Crippen LogP contribution is -2.12. The van der Waals surface area contributed by atoms with Crippen LogP contribution < -0.4 is 9.46 Å². The Hall–Kier alpha value is -3.72. The van der Waals surface area contributed by atoms with E-state index in [1.54, 1.807) is 53.2 Å². The average molecular weight is 436 g/mol. The Kier molecular flexibility index (Phi) is 5.43. The third kappa shape index (κ3) is 4.41. The summed E-state index contributed by atoms with van der Waals surface area (Å²) in [4.78, 5) is 8.63. The van der Waals surface area contributed by atoms with Crippen LogP contribution in [0.1, 0.15) is 17.0 Å². The van der Waals surface area contributed by atoms with Crippen LogP contribution in [-0.4, -0.2) is 28.2 Å². The Bertz CT molecular complexity index is 1320. The molecule has 0 saturated carbocycles. The molecule has 0 fully saturated rings. The third-order valence-electron chi connectivity index (χ3n) is 4.88. The van der Waals surface area contributed by atoms with E-state index >= 15 is 0 Å². The topological polar surface area (TPSA) is 99.0 Å². The van der Waals surface area contributed by atoms with E-state index in [4.69, 9.17) is 4.74 Å². The number of aromatic nitrogens is 4. The average Bonchev–Trinajstić information content (AvgIpc) is 3.03. The van der Waals surface area contributed by atoms with Crippen molar-refractivity contribution in [2.24, 2.45) is 0 Å². The number of hydrogen-bond donors (Lipinski definition) is 1. The molecule has 4 aromatic rings. The minimum absolute atomic E-state index is 0.197. The lowest BCUT2D eigenvalue weighted by Gasteiger charge is -2.10. The highest BCUT2D eigenvalue weighted by molar-refractivity contribution is 7.92. The van der Waals surface area contributed by atoms with Crippen molar-refractivity contribution in [3.05, 3.63) is 83.9 Å². The summed E-state index contributed by atoms with van der Waals surface area (Å²) in [5.74, 6) is 1.47. The van der Waals surface area contributed by atoms with E-state index in [0.717, 1.165) is 17.0 Å². The molecule has 31 heavy (non-hydrogen) atoms. The Balaban J connectivity index is 1.50. The molecule has 2 aromatic heterocycles. The summed E-state index contributed by atoms with van der Waals surface area (Å²) >= 11 is 0. The standard InChI is InChI=1S/C22H21N5O3S/c1-15-16(2)25-27(17(15)3)21-13-22(24-14-23-21)30-19-11-9-18(10-12-19)26-31(28,29)20-7-5-4-6-8-20/h4-14,26H,1-3H3. The van der Waals surface area contributed by atoms with Crippen LogP contribution in [0.15, 0.2) is 71.9 Å². The minimum atomic E-state index is -3.65. The van der Waals surface area contributed by atoms with Crippen LogP contribution in [0.3, 0.4) is 0 Å². The van der Waals surface area contributed by atoms with E-state index in [1.165, 1.54) is 18.5 Å². The van der Waals surface area contributed by atoms with Gasteiger partial charge in [0.2, 0.25) is 5.88 Å². The quantitative estimate of drug-likeness (QED) is 0.488. The van der Waals surface area contributed by atoms with Gasteiger partial charge in [-0.1, -0.05) is 18.2 Å². The predicted molar refractivity (Wildman–Crippen MR) is 117 cm³/mol. The zero-order valence-electron chi connectivity index (χ0n) is 17.3. The normalized spacial score (nSPS) is 11.3. The number of nitrogens with zero attached hydrogens (tertiary/aromatic N) is 4. The molecule has 8 nitrogen and oxygen atoms in total. The summed E-state index contributed by atoms with van der Waals surface area (Å²) < 4.78 is 35.0. The highest BCUT2D eigenvalue weighted by Crippen LogP contribution is 2.24. The Morgan fingerprint density at radius 2 is 1.65 bits per heavy atom. The molecular weight excluding hydrogens is 414 g/mol. The van der Waals surface area contributed by atoms with Crippen LogP contribution in [0.2, 0.25) is 0 Å². The van der Waals surface area contributed by atoms with Gasteiger partial charge >= 0.3 is 0 Å². The molecule has 0 spiro atoms. The van der Waals surface area contributed by atoms with Crippen LogP contribution >= 0.6 is 0 Å². The molecule has 0 aliphatic rings. The molecule has 0 saturated heterocycles. The van der Waals surface area contributed by atoms with Gasteiger partial charge in [-0.3, -0.25) is 4.72 Å². The number of sulfonamides is 1. The summed E-state index contributed by atoms with van der Waals surface area (Å²) in [7, 11) is -3.65. The number of rotatable bonds is 6. The van der Waals surface area contributed by atoms with Crippen LogP contribution in [0.4, 0.5) is 5.69 Å². The van der Waals surface area contributed by atoms with Gasteiger partial charge in [0.25, 0.3) is 10.0 Å². The van der Waals surface area contributed by atoms with E-state index in [0.29, 0.717) is 23.1 Å². The molecule has 2 heterocycles. The smallest absolute Gasteiger partial charge is 0.261 e.